The zero-order chi connectivity index (χ0) is 14.5. The molecule has 0 atom stereocenters. The molecule has 0 amide bonds. The Morgan fingerprint density at radius 1 is 1.32 bits per heavy atom. The van der Waals surface area contributed by atoms with Crippen molar-refractivity contribution in [3.63, 3.8) is 0 Å². The van der Waals surface area contributed by atoms with Crippen molar-refractivity contribution in [2.45, 2.75) is 32.7 Å². The molecule has 0 aliphatic rings. The predicted molar refractivity (Wildman–Crippen MR) is 75.5 cm³/mol. The third-order valence-corrected chi connectivity index (χ3v) is 3.09. The number of aryl methyl sites for hydroxylation is 1. The van der Waals surface area contributed by atoms with Crippen molar-refractivity contribution in [1.82, 2.24) is 5.32 Å². The van der Waals surface area contributed by atoms with Crippen molar-refractivity contribution < 1.29 is 14.3 Å². The molecule has 0 aliphatic carbocycles. The molecule has 4 heteroatoms. The van der Waals surface area contributed by atoms with E-state index in [0.29, 0.717) is 6.54 Å². The van der Waals surface area contributed by atoms with Gasteiger partial charge in [-0.15, -0.1) is 0 Å². The molecule has 0 aromatic heterocycles. The number of carbonyl (C=O) groups is 1. The van der Waals surface area contributed by atoms with Crippen LogP contribution >= 0.6 is 0 Å². The van der Waals surface area contributed by atoms with E-state index >= 15 is 0 Å². The van der Waals surface area contributed by atoms with Crippen molar-refractivity contribution in [1.29, 1.82) is 0 Å². The average Bonchev–Trinajstić information content (AvgIpc) is 2.37. The smallest absolute Gasteiger partial charge is 0.325 e. The van der Waals surface area contributed by atoms with E-state index in [-0.39, 0.29) is 5.97 Å². The molecule has 1 rings (SSSR count). The molecule has 0 radical (unpaired) electrons. The molecule has 0 unspecified atom stereocenters. The summed E-state index contributed by atoms with van der Waals surface area (Å²) >= 11 is 0. The molecule has 4 nitrogen and oxygen atoms in total. The lowest BCUT2D eigenvalue weighted by Crippen LogP contribution is -2.48. The van der Waals surface area contributed by atoms with Crippen LogP contribution in [0.25, 0.3) is 0 Å². The summed E-state index contributed by atoms with van der Waals surface area (Å²) in [6, 6.07) is 6.09. The van der Waals surface area contributed by atoms with Crippen molar-refractivity contribution >= 4 is 5.97 Å². The Morgan fingerprint density at radius 2 is 2.00 bits per heavy atom. The van der Waals surface area contributed by atoms with Gasteiger partial charge in [-0.1, -0.05) is 17.7 Å². The normalized spacial score (nSPS) is 11.2. The van der Waals surface area contributed by atoms with Gasteiger partial charge >= 0.3 is 5.97 Å². The van der Waals surface area contributed by atoms with Crippen LogP contribution in [0.15, 0.2) is 18.2 Å². The summed E-state index contributed by atoms with van der Waals surface area (Å²) in [5.74, 6) is 0.618. The molecule has 1 aromatic rings. The lowest BCUT2D eigenvalue weighted by Gasteiger charge is -2.23. The highest BCUT2D eigenvalue weighted by Gasteiger charge is 2.27. The van der Waals surface area contributed by atoms with Crippen LogP contribution in [-0.4, -0.2) is 32.3 Å². The summed E-state index contributed by atoms with van der Waals surface area (Å²) in [6.45, 7) is 6.36. The van der Waals surface area contributed by atoms with Crippen LogP contribution in [0.5, 0.6) is 5.75 Å². The average molecular weight is 265 g/mol. The van der Waals surface area contributed by atoms with E-state index in [1.807, 2.05) is 26.0 Å². The summed E-state index contributed by atoms with van der Waals surface area (Å²) < 4.78 is 10.1. The Kier molecular flexibility index (Phi) is 5.36. The number of hydrogen-bond acceptors (Lipinski definition) is 4. The van der Waals surface area contributed by atoms with E-state index < -0.39 is 5.54 Å². The van der Waals surface area contributed by atoms with Crippen LogP contribution in [0.4, 0.5) is 0 Å². The van der Waals surface area contributed by atoms with Gasteiger partial charge in [0.2, 0.25) is 0 Å². The number of rotatable bonds is 6. The SMILES string of the molecule is COC(=O)C(C)(C)NCCc1cc(C)ccc1OC. The summed E-state index contributed by atoms with van der Waals surface area (Å²) in [5, 5.41) is 3.20. The Morgan fingerprint density at radius 3 is 2.58 bits per heavy atom. The van der Waals surface area contributed by atoms with E-state index in [1.54, 1.807) is 7.11 Å². The first-order valence-corrected chi connectivity index (χ1v) is 6.37. The highest BCUT2D eigenvalue weighted by Crippen LogP contribution is 2.20. The number of esters is 1. The number of methoxy groups -OCH3 is 2. The van der Waals surface area contributed by atoms with Crippen LogP contribution in [0.1, 0.15) is 25.0 Å². The van der Waals surface area contributed by atoms with Crippen molar-refractivity contribution in [2.24, 2.45) is 0 Å². The zero-order valence-electron chi connectivity index (χ0n) is 12.4. The second-order valence-electron chi connectivity index (χ2n) is 5.11. The fourth-order valence-electron chi connectivity index (χ4n) is 1.94. The number of carbonyl (C=O) groups excluding carboxylic acids is 1. The minimum absolute atomic E-state index is 0.260. The minimum Gasteiger partial charge on any atom is -0.496 e. The highest BCUT2D eigenvalue weighted by atomic mass is 16.5. The molecule has 0 saturated carbocycles. The van der Waals surface area contributed by atoms with Crippen LogP contribution in [0.2, 0.25) is 0 Å². The molecule has 1 aromatic carbocycles. The topological polar surface area (TPSA) is 47.6 Å². The van der Waals surface area contributed by atoms with Crippen molar-refractivity contribution in [3.05, 3.63) is 29.3 Å². The Balaban J connectivity index is 2.63. The second kappa shape index (κ2) is 6.57. The van der Waals surface area contributed by atoms with Crippen LogP contribution in [-0.2, 0) is 16.0 Å². The molecular formula is C15H23NO3. The first kappa shape index (κ1) is 15.5. The molecule has 0 bridgehead atoms. The standard InChI is InChI=1S/C15H23NO3/c1-11-6-7-13(18-4)12(10-11)8-9-16-15(2,3)14(17)19-5/h6-7,10,16H,8-9H2,1-5H3. The second-order valence-corrected chi connectivity index (χ2v) is 5.11. The van der Waals surface area contributed by atoms with E-state index in [1.165, 1.54) is 12.7 Å². The van der Waals surface area contributed by atoms with Crippen LogP contribution in [0, 0.1) is 6.92 Å². The monoisotopic (exact) mass is 265 g/mol. The van der Waals surface area contributed by atoms with Gasteiger partial charge in [0.15, 0.2) is 0 Å². The molecule has 0 spiro atoms. The number of ether oxygens (including phenoxy) is 2. The van der Waals surface area contributed by atoms with E-state index in [2.05, 4.69) is 18.3 Å². The van der Waals surface area contributed by atoms with E-state index in [9.17, 15) is 4.79 Å². The van der Waals surface area contributed by atoms with Crippen LogP contribution < -0.4 is 10.1 Å². The van der Waals surface area contributed by atoms with Gasteiger partial charge in [-0.2, -0.15) is 0 Å². The maximum absolute atomic E-state index is 11.5. The lowest BCUT2D eigenvalue weighted by molar-refractivity contribution is -0.147. The van der Waals surface area contributed by atoms with Gasteiger partial charge in [0.25, 0.3) is 0 Å². The minimum atomic E-state index is -0.675. The zero-order valence-corrected chi connectivity index (χ0v) is 12.4. The van der Waals surface area contributed by atoms with Gasteiger partial charge in [-0.05, 0) is 38.8 Å². The summed E-state index contributed by atoms with van der Waals surface area (Å²) in [6.07, 6.45) is 0.797. The van der Waals surface area contributed by atoms with Gasteiger partial charge in [0.05, 0.1) is 14.2 Å². The van der Waals surface area contributed by atoms with Crippen molar-refractivity contribution in [2.75, 3.05) is 20.8 Å². The summed E-state index contributed by atoms with van der Waals surface area (Å²) in [5.41, 5.74) is 1.66. The summed E-state index contributed by atoms with van der Waals surface area (Å²) in [4.78, 5) is 11.5. The molecule has 1 N–H and O–H groups in total. The highest BCUT2D eigenvalue weighted by molar-refractivity contribution is 5.79. The maximum Gasteiger partial charge on any atom is 0.325 e. The first-order chi connectivity index (χ1) is 8.90. The molecule has 0 fully saturated rings. The maximum atomic E-state index is 11.5. The van der Waals surface area contributed by atoms with Crippen molar-refractivity contribution in [3.8, 4) is 5.75 Å². The molecule has 0 aliphatic heterocycles. The third kappa shape index (κ3) is 4.24. The third-order valence-electron chi connectivity index (χ3n) is 3.09. The van der Waals surface area contributed by atoms with Crippen LogP contribution in [0.3, 0.4) is 0 Å². The van der Waals surface area contributed by atoms with Gasteiger partial charge in [-0.3, -0.25) is 4.79 Å². The fraction of sp³-hybridized carbons (Fsp3) is 0.533. The van der Waals surface area contributed by atoms with Gasteiger partial charge in [-0.25, -0.2) is 0 Å². The van der Waals surface area contributed by atoms with Gasteiger partial charge < -0.3 is 14.8 Å². The summed E-state index contributed by atoms with van der Waals surface area (Å²) in [7, 11) is 3.06. The Bertz CT molecular complexity index is 441. The molecule has 106 valence electrons. The Hall–Kier alpha value is -1.55. The van der Waals surface area contributed by atoms with Gasteiger partial charge in [0.1, 0.15) is 11.3 Å². The Labute approximate surface area is 115 Å². The molecule has 0 heterocycles. The molecule has 0 saturated heterocycles. The molecule has 19 heavy (non-hydrogen) atoms. The predicted octanol–water partition coefficient (Wildman–Crippen LogP) is 2.09. The van der Waals surface area contributed by atoms with Gasteiger partial charge in [0, 0.05) is 6.54 Å². The number of hydrogen-bond donors (Lipinski definition) is 1. The molecular weight excluding hydrogens is 242 g/mol. The lowest BCUT2D eigenvalue weighted by atomic mass is 10.0. The fourth-order valence-corrected chi connectivity index (χ4v) is 1.94. The first-order valence-electron chi connectivity index (χ1n) is 6.37. The van der Waals surface area contributed by atoms with E-state index in [0.717, 1.165) is 17.7 Å². The number of benzene rings is 1. The quantitative estimate of drug-likeness (QED) is 0.800. The largest absolute Gasteiger partial charge is 0.496 e. The number of nitrogens with one attached hydrogen (secondary N) is 1. The van der Waals surface area contributed by atoms with E-state index in [4.69, 9.17) is 9.47 Å².